The molecule has 1 N–H and O–H groups in total. The summed E-state index contributed by atoms with van der Waals surface area (Å²) in [7, 11) is 0. The monoisotopic (exact) mass is 668 g/mol. The fourth-order valence-electron chi connectivity index (χ4n) is 7.03. The van der Waals surface area contributed by atoms with Gasteiger partial charge in [0.15, 0.2) is 17.5 Å². The van der Waals surface area contributed by atoms with Crippen LogP contribution >= 0.6 is 0 Å². The highest BCUT2D eigenvalue weighted by Crippen LogP contribution is 2.34. The lowest BCUT2D eigenvalue weighted by atomic mass is 10.1. The van der Waals surface area contributed by atoms with E-state index in [0.29, 0.717) is 34.4 Å². The van der Waals surface area contributed by atoms with Crippen LogP contribution in [0.1, 0.15) is 0 Å². The maximum absolute atomic E-state index is 10.6. The van der Waals surface area contributed by atoms with Crippen LogP contribution in [0.4, 0.5) is 0 Å². The van der Waals surface area contributed by atoms with Gasteiger partial charge in [-0.25, -0.2) is 24.9 Å². The number of phenols is 1. The smallest absolute Gasteiger partial charge is 0.182 e. The molecule has 7 nitrogen and oxygen atoms in total. The molecule has 244 valence electrons. The van der Waals surface area contributed by atoms with Crippen molar-refractivity contribution in [3.63, 3.8) is 0 Å². The molecule has 0 amide bonds. The van der Waals surface area contributed by atoms with Gasteiger partial charge in [-0.05, 0) is 60.7 Å². The maximum atomic E-state index is 10.6. The number of hydrogen-bond donors (Lipinski definition) is 1. The van der Waals surface area contributed by atoms with Gasteiger partial charge in [0.25, 0.3) is 0 Å². The summed E-state index contributed by atoms with van der Waals surface area (Å²) in [6.07, 6.45) is 0. The molecule has 10 rings (SSSR count). The molecule has 4 heterocycles. The Morgan fingerprint density at radius 1 is 0.385 bits per heavy atom. The molecule has 0 atom stereocenters. The van der Waals surface area contributed by atoms with Gasteiger partial charge in [0.2, 0.25) is 0 Å². The number of phenolic OH excluding ortho intramolecular Hbond substituents is 1. The molecule has 52 heavy (non-hydrogen) atoms. The van der Waals surface area contributed by atoms with E-state index < -0.39 is 0 Å². The SMILES string of the molecule is Oc1ccccc1-c1ccc2ccc3ccc(-c4nc(-c5ccccc5)nc(-c5ccc(-n6c7ccccc7c7ccccc76)cc5)n4)nc3c2n1. The fraction of sp³-hybridized carbons (Fsp3) is 0. The number of rotatable bonds is 5. The van der Waals surface area contributed by atoms with Crippen LogP contribution in [0, 0.1) is 0 Å². The van der Waals surface area contributed by atoms with Crippen LogP contribution < -0.4 is 0 Å². The van der Waals surface area contributed by atoms with Gasteiger partial charge in [-0.3, -0.25) is 0 Å². The minimum atomic E-state index is 0.178. The molecule has 10 aromatic rings. The van der Waals surface area contributed by atoms with Gasteiger partial charge in [0, 0.05) is 43.9 Å². The van der Waals surface area contributed by atoms with Crippen molar-refractivity contribution in [2.45, 2.75) is 0 Å². The second kappa shape index (κ2) is 12.0. The zero-order valence-corrected chi connectivity index (χ0v) is 27.7. The molecule has 0 aliphatic rings. The minimum absolute atomic E-state index is 0.178. The zero-order chi connectivity index (χ0) is 34.6. The Kier molecular flexibility index (Phi) is 6.82. The first kappa shape index (κ1) is 29.6. The normalized spacial score (nSPS) is 11.5. The van der Waals surface area contributed by atoms with Crippen molar-refractivity contribution >= 4 is 43.6 Å². The van der Waals surface area contributed by atoms with Gasteiger partial charge in [0.1, 0.15) is 11.4 Å². The third-order valence-corrected chi connectivity index (χ3v) is 9.56. The molecule has 0 unspecified atom stereocenters. The van der Waals surface area contributed by atoms with E-state index in [-0.39, 0.29) is 5.75 Å². The van der Waals surface area contributed by atoms with Gasteiger partial charge in [-0.15, -0.1) is 0 Å². The summed E-state index contributed by atoms with van der Waals surface area (Å²) in [6.45, 7) is 0. The van der Waals surface area contributed by atoms with Crippen LogP contribution in [0.3, 0.4) is 0 Å². The van der Waals surface area contributed by atoms with Gasteiger partial charge in [0.05, 0.1) is 27.8 Å². The van der Waals surface area contributed by atoms with Crippen molar-refractivity contribution in [1.29, 1.82) is 0 Å². The molecule has 4 aromatic heterocycles. The van der Waals surface area contributed by atoms with Crippen molar-refractivity contribution in [3.8, 4) is 57.0 Å². The van der Waals surface area contributed by atoms with Crippen LogP contribution in [0.15, 0.2) is 164 Å². The fourth-order valence-corrected chi connectivity index (χ4v) is 7.03. The second-order valence-corrected chi connectivity index (χ2v) is 12.7. The van der Waals surface area contributed by atoms with Gasteiger partial charge < -0.3 is 9.67 Å². The topological polar surface area (TPSA) is 89.6 Å². The number of benzene rings is 6. The Morgan fingerprint density at radius 2 is 0.885 bits per heavy atom. The van der Waals surface area contributed by atoms with Crippen LogP contribution in [-0.2, 0) is 0 Å². The number of hydrogen-bond acceptors (Lipinski definition) is 6. The number of fused-ring (bicyclic) bond motifs is 6. The van der Waals surface area contributed by atoms with E-state index in [1.165, 1.54) is 10.8 Å². The third-order valence-electron chi connectivity index (χ3n) is 9.56. The molecule has 0 aliphatic carbocycles. The number of para-hydroxylation sites is 3. The summed E-state index contributed by atoms with van der Waals surface area (Å²) >= 11 is 0. The van der Waals surface area contributed by atoms with E-state index in [2.05, 4.69) is 77.4 Å². The first-order valence-corrected chi connectivity index (χ1v) is 17.1. The summed E-state index contributed by atoms with van der Waals surface area (Å²) in [4.78, 5) is 25.0. The Morgan fingerprint density at radius 3 is 1.54 bits per heavy atom. The van der Waals surface area contributed by atoms with E-state index in [1.54, 1.807) is 12.1 Å². The lowest BCUT2D eigenvalue weighted by Gasteiger charge is -2.11. The van der Waals surface area contributed by atoms with E-state index >= 15 is 0 Å². The Hall–Kier alpha value is -7.25. The number of aromatic hydroxyl groups is 1. The molecule has 0 saturated carbocycles. The lowest BCUT2D eigenvalue weighted by Crippen LogP contribution is -2.02. The molecule has 0 bridgehead atoms. The molecule has 0 saturated heterocycles. The van der Waals surface area contributed by atoms with Gasteiger partial charge in [-0.1, -0.05) is 103 Å². The van der Waals surface area contributed by atoms with Gasteiger partial charge in [-0.2, -0.15) is 0 Å². The van der Waals surface area contributed by atoms with Crippen LogP contribution in [0.25, 0.3) is 94.9 Å². The van der Waals surface area contributed by atoms with E-state index in [4.69, 9.17) is 24.9 Å². The summed E-state index contributed by atoms with van der Waals surface area (Å²) in [5, 5.41) is 14.9. The number of nitrogens with zero attached hydrogens (tertiary/aromatic N) is 6. The van der Waals surface area contributed by atoms with E-state index in [1.807, 2.05) is 78.9 Å². The minimum Gasteiger partial charge on any atom is -0.507 e. The van der Waals surface area contributed by atoms with Crippen molar-refractivity contribution < 1.29 is 5.11 Å². The molecule has 0 aliphatic heterocycles. The second-order valence-electron chi connectivity index (χ2n) is 12.7. The first-order valence-electron chi connectivity index (χ1n) is 17.1. The molecule has 6 aromatic carbocycles. The Balaban J connectivity index is 1.11. The summed E-state index contributed by atoms with van der Waals surface area (Å²) in [6, 6.07) is 54.5. The van der Waals surface area contributed by atoms with Crippen LogP contribution in [0.5, 0.6) is 5.75 Å². The predicted octanol–water partition coefficient (Wildman–Crippen LogP) is 10.4. The average molecular weight is 669 g/mol. The maximum Gasteiger partial charge on any atom is 0.182 e. The zero-order valence-electron chi connectivity index (χ0n) is 27.7. The van der Waals surface area contributed by atoms with Crippen LogP contribution in [-0.4, -0.2) is 34.6 Å². The molecule has 0 radical (unpaired) electrons. The summed E-state index contributed by atoms with van der Waals surface area (Å²) < 4.78 is 2.30. The van der Waals surface area contributed by atoms with Crippen molar-refractivity contribution in [1.82, 2.24) is 29.5 Å². The van der Waals surface area contributed by atoms with E-state index in [0.717, 1.165) is 49.7 Å². The largest absolute Gasteiger partial charge is 0.507 e. The molecule has 0 spiro atoms. The highest BCUT2D eigenvalue weighted by Gasteiger charge is 2.17. The summed E-state index contributed by atoms with van der Waals surface area (Å²) in [5.74, 6) is 1.76. The Labute approximate surface area is 298 Å². The third kappa shape index (κ3) is 4.95. The number of pyridine rings is 2. The van der Waals surface area contributed by atoms with Crippen molar-refractivity contribution in [2.75, 3.05) is 0 Å². The predicted molar refractivity (Wildman–Crippen MR) is 208 cm³/mol. The van der Waals surface area contributed by atoms with Crippen LogP contribution in [0.2, 0.25) is 0 Å². The molecule has 7 heteroatoms. The van der Waals surface area contributed by atoms with E-state index in [9.17, 15) is 5.11 Å². The quantitative estimate of drug-likeness (QED) is 0.184. The lowest BCUT2D eigenvalue weighted by molar-refractivity contribution is 0.477. The van der Waals surface area contributed by atoms with Crippen molar-refractivity contribution in [2.24, 2.45) is 0 Å². The van der Waals surface area contributed by atoms with Gasteiger partial charge >= 0.3 is 0 Å². The molecule has 0 fully saturated rings. The Bertz CT molecular complexity index is 2920. The van der Waals surface area contributed by atoms with Crippen molar-refractivity contribution in [3.05, 3.63) is 164 Å². The average Bonchev–Trinajstić information content (AvgIpc) is 3.55. The number of aromatic nitrogens is 6. The summed E-state index contributed by atoms with van der Waals surface area (Å²) in [5.41, 5.74) is 8.52. The first-order chi connectivity index (χ1) is 25.7. The highest BCUT2D eigenvalue weighted by atomic mass is 16.3. The molecular formula is C45H28N6O. The molecular weight excluding hydrogens is 641 g/mol. The highest BCUT2D eigenvalue weighted by molar-refractivity contribution is 6.09. The standard InChI is InChI=1S/C45H28N6O/c52-40-17-9-6-14-35(40)36-26-22-28-18-19-29-23-27-37(47-42(29)41(28)46-36)45-49-43(30-10-2-1-3-11-30)48-44(50-45)31-20-24-32(25-21-31)51-38-15-7-4-12-33(38)34-13-5-8-16-39(34)51/h1-27,52H.